The van der Waals surface area contributed by atoms with Crippen molar-refractivity contribution in [3.8, 4) is 22.8 Å². The molecule has 158 valence electrons. The van der Waals surface area contributed by atoms with Crippen LogP contribution in [0.15, 0.2) is 41.8 Å². The maximum Gasteiger partial charge on any atom is 0.231 e. The highest BCUT2D eigenvalue weighted by atomic mass is 32.1. The summed E-state index contributed by atoms with van der Waals surface area (Å²) in [6.45, 7) is 0.341. The van der Waals surface area contributed by atoms with E-state index in [-0.39, 0.29) is 48.0 Å². The van der Waals surface area contributed by atoms with Crippen LogP contribution < -0.4 is 19.7 Å². The molecule has 0 radical (unpaired) electrons. The molecule has 1 N–H and O–H groups in total. The van der Waals surface area contributed by atoms with Gasteiger partial charge in [0.25, 0.3) is 0 Å². The SMILES string of the molecule is O=C(Nc1nc(-c2cc(F)ccc2F)cs1)C1CC(=O)N(c2ccc3c(c2)OCO3)C1. The van der Waals surface area contributed by atoms with Gasteiger partial charge in [-0.1, -0.05) is 0 Å². The van der Waals surface area contributed by atoms with Gasteiger partial charge in [0.05, 0.1) is 11.6 Å². The van der Waals surface area contributed by atoms with Crippen molar-refractivity contribution in [2.45, 2.75) is 6.42 Å². The smallest absolute Gasteiger partial charge is 0.231 e. The molecule has 10 heteroatoms. The first-order valence-corrected chi connectivity index (χ1v) is 10.3. The summed E-state index contributed by atoms with van der Waals surface area (Å²) in [6.07, 6.45) is 0.0526. The highest BCUT2D eigenvalue weighted by Crippen LogP contribution is 2.37. The third-order valence-electron chi connectivity index (χ3n) is 5.10. The lowest BCUT2D eigenvalue weighted by Crippen LogP contribution is -2.28. The molecule has 1 fully saturated rings. The van der Waals surface area contributed by atoms with Gasteiger partial charge < -0.3 is 19.7 Å². The first-order valence-electron chi connectivity index (χ1n) is 9.40. The number of amides is 2. The van der Waals surface area contributed by atoms with Gasteiger partial charge in [-0.3, -0.25) is 9.59 Å². The van der Waals surface area contributed by atoms with E-state index in [2.05, 4.69) is 10.3 Å². The molecule has 2 amide bonds. The van der Waals surface area contributed by atoms with Crippen molar-refractivity contribution in [3.63, 3.8) is 0 Å². The topological polar surface area (TPSA) is 80.8 Å². The highest BCUT2D eigenvalue weighted by molar-refractivity contribution is 7.14. The molecule has 0 saturated carbocycles. The first-order chi connectivity index (χ1) is 15.0. The molecule has 0 spiro atoms. The molecule has 2 aliphatic heterocycles. The number of rotatable bonds is 4. The monoisotopic (exact) mass is 443 g/mol. The number of ether oxygens (including phenoxy) is 2. The van der Waals surface area contributed by atoms with E-state index in [1.165, 1.54) is 10.3 Å². The Hall–Kier alpha value is -3.53. The van der Waals surface area contributed by atoms with E-state index in [9.17, 15) is 18.4 Å². The van der Waals surface area contributed by atoms with Crippen LogP contribution in [0.25, 0.3) is 11.3 Å². The van der Waals surface area contributed by atoms with Crippen molar-refractivity contribution in [2.75, 3.05) is 23.6 Å². The van der Waals surface area contributed by atoms with Crippen LogP contribution in [0.2, 0.25) is 0 Å². The molecule has 3 aromatic rings. The number of thiazole rings is 1. The fourth-order valence-electron chi connectivity index (χ4n) is 3.54. The number of carbonyl (C=O) groups is 2. The van der Waals surface area contributed by atoms with E-state index in [1.54, 1.807) is 18.2 Å². The Bertz CT molecular complexity index is 1200. The van der Waals surface area contributed by atoms with Gasteiger partial charge in [0, 0.05) is 35.7 Å². The van der Waals surface area contributed by atoms with Gasteiger partial charge in [0.2, 0.25) is 18.6 Å². The minimum absolute atomic E-state index is 0.0155. The normalized spacial score (nSPS) is 17.3. The molecule has 31 heavy (non-hydrogen) atoms. The van der Waals surface area contributed by atoms with Gasteiger partial charge >= 0.3 is 0 Å². The third-order valence-corrected chi connectivity index (χ3v) is 5.86. The first kappa shape index (κ1) is 19.4. The number of hydrogen-bond acceptors (Lipinski definition) is 6. The van der Waals surface area contributed by atoms with Crippen LogP contribution in [0.1, 0.15) is 6.42 Å². The molecule has 1 unspecified atom stereocenters. The van der Waals surface area contributed by atoms with E-state index < -0.39 is 17.6 Å². The predicted octanol–water partition coefficient (Wildman–Crippen LogP) is 3.81. The average Bonchev–Trinajstić information content (AvgIpc) is 3.48. The number of halogens is 2. The average molecular weight is 443 g/mol. The van der Waals surface area contributed by atoms with Crippen molar-refractivity contribution in [3.05, 3.63) is 53.4 Å². The zero-order chi connectivity index (χ0) is 21.5. The van der Waals surface area contributed by atoms with Crippen LogP contribution >= 0.6 is 11.3 Å². The van der Waals surface area contributed by atoms with Crippen LogP contribution in [0, 0.1) is 17.6 Å². The Morgan fingerprint density at radius 1 is 1.16 bits per heavy atom. The van der Waals surface area contributed by atoms with Gasteiger partial charge in [0.1, 0.15) is 11.6 Å². The zero-order valence-electron chi connectivity index (χ0n) is 15.9. The summed E-state index contributed by atoms with van der Waals surface area (Å²) in [6, 6.07) is 8.28. The van der Waals surface area contributed by atoms with Crippen molar-refractivity contribution in [1.29, 1.82) is 0 Å². The molecule has 1 atom stereocenters. The number of nitrogens with one attached hydrogen (secondary N) is 1. The number of hydrogen-bond donors (Lipinski definition) is 1. The summed E-state index contributed by atoms with van der Waals surface area (Å²) in [5.41, 5.74) is 0.867. The summed E-state index contributed by atoms with van der Waals surface area (Å²) in [4.78, 5) is 30.9. The Labute approximate surface area is 179 Å². The van der Waals surface area contributed by atoms with E-state index in [0.717, 1.165) is 29.5 Å². The van der Waals surface area contributed by atoms with E-state index >= 15 is 0 Å². The van der Waals surface area contributed by atoms with Gasteiger partial charge in [-0.25, -0.2) is 13.8 Å². The molecule has 2 aromatic carbocycles. The molecule has 0 aliphatic carbocycles. The number of nitrogens with zero attached hydrogens (tertiary/aromatic N) is 2. The molecule has 3 heterocycles. The molecule has 5 rings (SSSR count). The van der Waals surface area contributed by atoms with Crippen LogP contribution in [-0.4, -0.2) is 30.1 Å². The maximum atomic E-state index is 14.0. The number of carbonyl (C=O) groups excluding carboxylic acids is 2. The van der Waals surface area contributed by atoms with E-state index in [4.69, 9.17) is 9.47 Å². The van der Waals surface area contributed by atoms with Crippen molar-refractivity contribution in [2.24, 2.45) is 5.92 Å². The maximum absolute atomic E-state index is 14.0. The summed E-state index contributed by atoms with van der Waals surface area (Å²) >= 11 is 1.10. The van der Waals surface area contributed by atoms with Gasteiger partial charge in [-0.05, 0) is 30.3 Å². The quantitative estimate of drug-likeness (QED) is 0.663. The van der Waals surface area contributed by atoms with E-state index in [0.29, 0.717) is 17.2 Å². The second-order valence-corrected chi connectivity index (χ2v) is 7.95. The lowest BCUT2D eigenvalue weighted by Gasteiger charge is -2.17. The lowest BCUT2D eigenvalue weighted by molar-refractivity contribution is -0.122. The van der Waals surface area contributed by atoms with E-state index in [1.807, 2.05) is 0 Å². The molecule has 1 aromatic heterocycles. The second-order valence-electron chi connectivity index (χ2n) is 7.09. The fraction of sp³-hybridized carbons (Fsp3) is 0.190. The Balaban J connectivity index is 1.28. The molecule has 2 aliphatic rings. The Kier molecular flexibility index (Phi) is 4.78. The molecule has 1 saturated heterocycles. The summed E-state index contributed by atoms with van der Waals surface area (Å²) in [5, 5.41) is 4.45. The number of anilines is 2. The lowest BCUT2D eigenvalue weighted by atomic mass is 10.1. The Morgan fingerprint density at radius 3 is 2.87 bits per heavy atom. The summed E-state index contributed by atoms with van der Waals surface area (Å²) in [5.74, 6) is -1.14. The van der Waals surface area contributed by atoms with Crippen LogP contribution in [-0.2, 0) is 9.59 Å². The van der Waals surface area contributed by atoms with Crippen molar-refractivity contribution in [1.82, 2.24) is 4.98 Å². The summed E-state index contributed by atoms with van der Waals surface area (Å²) in [7, 11) is 0. The number of benzene rings is 2. The number of fused-ring (bicyclic) bond motifs is 1. The van der Waals surface area contributed by atoms with Crippen LogP contribution in [0.4, 0.5) is 19.6 Å². The van der Waals surface area contributed by atoms with Crippen molar-refractivity contribution < 1.29 is 27.8 Å². The Morgan fingerprint density at radius 2 is 2.00 bits per heavy atom. The van der Waals surface area contributed by atoms with Gasteiger partial charge in [0.15, 0.2) is 16.6 Å². The standard InChI is InChI=1S/C21H15F2N3O4S/c22-12-1-3-15(23)14(6-12)16-9-31-21(24-16)25-20(28)11-5-19(27)26(8-11)13-2-4-17-18(7-13)30-10-29-17/h1-4,6-7,9,11H,5,8,10H2,(H,24,25,28). The zero-order valence-corrected chi connectivity index (χ0v) is 16.7. The largest absolute Gasteiger partial charge is 0.454 e. The molecule has 0 bridgehead atoms. The minimum atomic E-state index is -0.606. The number of aromatic nitrogens is 1. The van der Waals surface area contributed by atoms with Crippen molar-refractivity contribution >= 4 is 34.0 Å². The highest BCUT2D eigenvalue weighted by Gasteiger charge is 2.36. The molecule has 7 nitrogen and oxygen atoms in total. The molecular formula is C21H15F2N3O4S. The minimum Gasteiger partial charge on any atom is -0.454 e. The summed E-state index contributed by atoms with van der Waals surface area (Å²) < 4.78 is 38.0. The molecular weight excluding hydrogens is 428 g/mol. The van der Waals surface area contributed by atoms with Crippen LogP contribution in [0.3, 0.4) is 0 Å². The third kappa shape index (κ3) is 3.70. The van der Waals surface area contributed by atoms with Gasteiger partial charge in [-0.2, -0.15) is 0 Å². The van der Waals surface area contributed by atoms with Crippen LogP contribution in [0.5, 0.6) is 11.5 Å². The fourth-order valence-corrected chi connectivity index (χ4v) is 4.26. The second kappa shape index (κ2) is 7.62. The predicted molar refractivity (Wildman–Crippen MR) is 109 cm³/mol. The van der Waals surface area contributed by atoms with Gasteiger partial charge in [-0.15, -0.1) is 11.3 Å².